The molecule has 2 aromatic carbocycles. The number of carbonyl (C=O) groups excluding carboxylic acids is 1. The largest absolute Gasteiger partial charge is 0.461 e. The first-order valence-electron chi connectivity index (χ1n) is 9.27. The maximum Gasteiger partial charge on any atom is 0.338 e. The minimum absolute atomic E-state index is 0.310. The van der Waals surface area contributed by atoms with E-state index in [1.807, 2.05) is 30.3 Å². The van der Waals surface area contributed by atoms with Crippen molar-refractivity contribution in [2.24, 2.45) is 0 Å². The second-order valence-corrected chi connectivity index (χ2v) is 7.16. The first-order chi connectivity index (χ1) is 13.6. The van der Waals surface area contributed by atoms with E-state index >= 15 is 0 Å². The molecule has 0 saturated heterocycles. The highest BCUT2D eigenvalue weighted by molar-refractivity contribution is 9.10. The van der Waals surface area contributed by atoms with Crippen LogP contribution < -0.4 is 5.32 Å². The molecule has 0 bridgehead atoms. The van der Waals surface area contributed by atoms with Crippen LogP contribution >= 0.6 is 15.9 Å². The Morgan fingerprint density at radius 1 is 1.11 bits per heavy atom. The Kier molecular flexibility index (Phi) is 6.95. The molecule has 0 aliphatic carbocycles. The molecule has 0 saturated carbocycles. The van der Waals surface area contributed by atoms with Crippen molar-refractivity contribution in [1.29, 1.82) is 0 Å². The van der Waals surface area contributed by atoms with E-state index in [1.54, 1.807) is 12.1 Å². The van der Waals surface area contributed by atoms with Gasteiger partial charge < -0.3 is 15.0 Å². The average molecular weight is 443 g/mol. The number of anilines is 2. The van der Waals surface area contributed by atoms with E-state index in [-0.39, 0.29) is 5.97 Å². The number of benzene rings is 2. The predicted molar refractivity (Wildman–Crippen MR) is 115 cm³/mol. The number of nitrogens with zero attached hydrogens (tertiary/aromatic N) is 3. The summed E-state index contributed by atoms with van der Waals surface area (Å²) in [5.74, 6) is 0.399. The highest BCUT2D eigenvalue weighted by atomic mass is 79.9. The van der Waals surface area contributed by atoms with E-state index in [0.29, 0.717) is 18.0 Å². The highest BCUT2D eigenvalue weighted by Crippen LogP contribution is 2.26. The van der Waals surface area contributed by atoms with E-state index in [2.05, 4.69) is 50.0 Å². The van der Waals surface area contributed by atoms with Crippen LogP contribution in [-0.4, -0.2) is 47.1 Å². The quantitative estimate of drug-likeness (QED) is 0.512. The molecule has 0 radical (unpaired) electrons. The molecule has 6 nitrogen and oxygen atoms in total. The Morgan fingerprint density at radius 2 is 1.86 bits per heavy atom. The van der Waals surface area contributed by atoms with Gasteiger partial charge in [0.05, 0.1) is 11.1 Å². The van der Waals surface area contributed by atoms with Gasteiger partial charge in [-0.1, -0.05) is 29.8 Å². The molecular weight excluding hydrogens is 420 g/mol. The van der Waals surface area contributed by atoms with Crippen molar-refractivity contribution in [1.82, 2.24) is 14.9 Å². The lowest BCUT2D eigenvalue weighted by Gasteiger charge is -2.17. The van der Waals surface area contributed by atoms with Crippen molar-refractivity contribution >= 4 is 44.3 Å². The van der Waals surface area contributed by atoms with Crippen molar-refractivity contribution in [2.45, 2.75) is 13.8 Å². The number of fused-ring (bicyclic) bond motifs is 1. The average Bonchev–Trinajstić information content (AvgIpc) is 2.72. The molecule has 3 rings (SSSR count). The number of rotatable bonds is 8. The first-order valence-corrected chi connectivity index (χ1v) is 10.1. The molecular formula is C21H23BrN4O2. The van der Waals surface area contributed by atoms with Gasteiger partial charge in [0.25, 0.3) is 0 Å². The molecule has 0 unspecified atom stereocenters. The van der Waals surface area contributed by atoms with Gasteiger partial charge in [-0.3, -0.25) is 0 Å². The minimum Gasteiger partial charge on any atom is -0.461 e. The van der Waals surface area contributed by atoms with Crippen LogP contribution in [0.15, 0.2) is 53.3 Å². The van der Waals surface area contributed by atoms with Crippen molar-refractivity contribution in [2.75, 3.05) is 31.6 Å². The second kappa shape index (κ2) is 9.61. The Morgan fingerprint density at radius 3 is 2.57 bits per heavy atom. The molecule has 28 heavy (non-hydrogen) atoms. The number of hydrogen-bond acceptors (Lipinski definition) is 6. The first kappa shape index (κ1) is 20.2. The standard InChI is InChI=1S/C21H23BrN4O2/c1-3-26(4-2)11-12-28-21(27)15-5-8-17(9-6-15)25-20-18-13-16(22)7-10-19(18)23-14-24-20/h5-10,13-14H,3-4,11-12H2,1-2H3,(H,23,24,25). The molecule has 146 valence electrons. The summed E-state index contributed by atoms with van der Waals surface area (Å²) < 4.78 is 6.32. The van der Waals surface area contributed by atoms with E-state index in [9.17, 15) is 4.79 Å². The normalized spacial score (nSPS) is 11.0. The van der Waals surface area contributed by atoms with Gasteiger partial charge in [0.1, 0.15) is 18.8 Å². The number of nitrogens with one attached hydrogen (secondary N) is 1. The molecule has 1 N–H and O–H groups in total. The van der Waals surface area contributed by atoms with Crippen LogP contribution in [-0.2, 0) is 4.74 Å². The maximum absolute atomic E-state index is 12.2. The molecule has 1 aromatic heterocycles. The fourth-order valence-corrected chi connectivity index (χ4v) is 3.21. The Labute approximate surface area is 173 Å². The van der Waals surface area contributed by atoms with E-state index in [1.165, 1.54) is 6.33 Å². The molecule has 1 heterocycles. The summed E-state index contributed by atoms with van der Waals surface area (Å²) in [5.41, 5.74) is 2.22. The Balaban J connectivity index is 1.65. The summed E-state index contributed by atoms with van der Waals surface area (Å²) in [6.45, 7) is 7.22. The lowest BCUT2D eigenvalue weighted by molar-refractivity contribution is 0.0466. The third kappa shape index (κ3) is 5.05. The number of hydrogen-bond donors (Lipinski definition) is 1. The zero-order valence-corrected chi connectivity index (χ0v) is 17.6. The number of esters is 1. The second-order valence-electron chi connectivity index (χ2n) is 6.25. The summed E-state index contributed by atoms with van der Waals surface area (Å²) in [6.07, 6.45) is 1.53. The Hall–Kier alpha value is -2.51. The van der Waals surface area contributed by atoms with Crippen LogP contribution in [0.1, 0.15) is 24.2 Å². The molecule has 7 heteroatoms. The molecule has 0 aliphatic heterocycles. The fraction of sp³-hybridized carbons (Fsp3) is 0.286. The van der Waals surface area contributed by atoms with Gasteiger partial charge in [0, 0.05) is 22.1 Å². The topological polar surface area (TPSA) is 67.3 Å². The molecule has 0 aliphatic rings. The van der Waals surface area contributed by atoms with E-state index in [0.717, 1.165) is 40.7 Å². The predicted octanol–water partition coefficient (Wildman–Crippen LogP) is 4.63. The Bertz CT molecular complexity index is 943. The van der Waals surface area contributed by atoms with Crippen LogP contribution in [0, 0.1) is 0 Å². The smallest absolute Gasteiger partial charge is 0.338 e. The van der Waals surface area contributed by atoms with Gasteiger partial charge in [0.2, 0.25) is 0 Å². The zero-order valence-electron chi connectivity index (χ0n) is 16.0. The van der Waals surface area contributed by atoms with Gasteiger partial charge in [-0.2, -0.15) is 0 Å². The van der Waals surface area contributed by atoms with Crippen molar-refractivity contribution in [3.05, 3.63) is 58.8 Å². The number of aromatic nitrogens is 2. The summed E-state index contributed by atoms with van der Waals surface area (Å²) >= 11 is 3.48. The van der Waals surface area contributed by atoms with Crippen LogP contribution in [0.3, 0.4) is 0 Å². The van der Waals surface area contributed by atoms with Gasteiger partial charge in [-0.25, -0.2) is 14.8 Å². The van der Waals surface area contributed by atoms with Crippen LogP contribution in [0.5, 0.6) is 0 Å². The third-order valence-corrected chi connectivity index (χ3v) is 5.01. The van der Waals surface area contributed by atoms with Crippen LogP contribution in [0.4, 0.5) is 11.5 Å². The minimum atomic E-state index is -0.310. The molecule has 3 aromatic rings. The number of ether oxygens (including phenoxy) is 1. The van der Waals surface area contributed by atoms with Crippen molar-refractivity contribution in [3.63, 3.8) is 0 Å². The molecule has 0 spiro atoms. The maximum atomic E-state index is 12.2. The van der Waals surface area contributed by atoms with Crippen LogP contribution in [0.25, 0.3) is 10.9 Å². The lowest BCUT2D eigenvalue weighted by atomic mass is 10.2. The molecule has 0 amide bonds. The summed E-state index contributed by atoms with van der Waals surface area (Å²) in [7, 11) is 0. The third-order valence-electron chi connectivity index (χ3n) is 4.52. The molecule has 0 fully saturated rings. The lowest BCUT2D eigenvalue weighted by Crippen LogP contribution is -2.27. The van der Waals surface area contributed by atoms with Gasteiger partial charge in [-0.05, 0) is 55.6 Å². The fourth-order valence-electron chi connectivity index (χ4n) is 2.85. The van der Waals surface area contributed by atoms with Gasteiger partial charge >= 0.3 is 5.97 Å². The van der Waals surface area contributed by atoms with Gasteiger partial charge in [-0.15, -0.1) is 0 Å². The SMILES string of the molecule is CCN(CC)CCOC(=O)c1ccc(Nc2ncnc3ccc(Br)cc23)cc1. The highest BCUT2D eigenvalue weighted by Gasteiger charge is 2.09. The van der Waals surface area contributed by atoms with Gasteiger partial charge in [0.15, 0.2) is 0 Å². The summed E-state index contributed by atoms with van der Waals surface area (Å²) in [4.78, 5) is 23.0. The van der Waals surface area contributed by atoms with E-state index < -0.39 is 0 Å². The monoisotopic (exact) mass is 442 g/mol. The number of halogens is 1. The zero-order chi connectivity index (χ0) is 19.9. The van der Waals surface area contributed by atoms with Crippen LogP contribution in [0.2, 0.25) is 0 Å². The number of likely N-dealkylation sites (N-methyl/N-ethyl adjacent to an activating group) is 1. The van der Waals surface area contributed by atoms with Crippen molar-refractivity contribution in [3.8, 4) is 0 Å². The molecule has 0 atom stereocenters. The van der Waals surface area contributed by atoms with Crippen molar-refractivity contribution < 1.29 is 9.53 Å². The number of carbonyl (C=O) groups is 1. The summed E-state index contributed by atoms with van der Waals surface area (Å²) in [6, 6.07) is 13.0. The van der Waals surface area contributed by atoms with E-state index in [4.69, 9.17) is 4.74 Å². The summed E-state index contributed by atoms with van der Waals surface area (Å²) in [5, 5.41) is 4.20.